The fourth-order valence-electron chi connectivity index (χ4n) is 1.68. The number of aryl methyl sites for hydroxylation is 1. The Morgan fingerprint density at radius 2 is 2.04 bits per heavy atom. The SMILES string of the molecule is Cc1cccc(CNS(=O)(=O)c2nnc(NC(=O)C(C)C)s2)c1. The Morgan fingerprint density at radius 1 is 1.30 bits per heavy atom. The number of carbonyl (C=O) groups excluding carboxylic acids is 1. The topological polar surface area (TPSA) is 101 Å². The van der Waals surface area contributed by atoms with Crippen LogP contribution in [-0.2, 0) is 21.4 Å². The van der Waals surface area contributed by atoms with E-state index in [-0.39, 0.29) is 27.8 Å². The minimum atomic E-state index is -3.76. The van der Waals surface area contributed by atoms with Crippen LogP contribution in [0.4, 0.5) is 5.13 Å². The third kappa shape index (κ3) is 4.81. The lowest BCUT2D eigenvalue weighted by molar-refractivity contribution is -0.118. The zero-order chi connectivity index (χ0) is 17.0. The monoisotopic (exact) mass is 354 g/mol. The van der Waals surface area contributed by atoms with Crippen LogP contribution in [0.5, 0.6) is 0 Å². The molecular formula is C14H18N4O3S2. The molecule has 1 heterocycles. The highest BCUT2D eigenvalue weighted by atomic mass is 32.2. The van der Waals surface area contributed by atoms with Gasteiger partial charge in [-0.25, -0.2) is 13.1 Å². The van der Waals surface area contributed by atoms with Crippen molar-refractivity contribution < 1.29 is 13.2 Å². The average molecular weight is 354 g/mol. The van der Waals surface area contributed by atoms with E-state index in [1.807, 2.05) is 31.2 Å². The molecular weight excluding hydrogens is 336 g/mol. The maximum absolute atomic E-state index is 12.2. The van der Waals surface area contributed by atoms with Gasteiger partial charge in [0.1, 0.15) is 0 Å². The van der Waals surface area contributed by atoms with Gasteiger partial charge in [-0.2, -0.15) is 0 Å². The number of aromatic nitrogens is 2. The molecule has 124 valence electrons. The molecule has 1 aromatic carbocycles. The van der Waals surface area contributed by atoms with Gasteiger partial charge >= 0.3 is 0 Å². The average Bonchev–Trinajstić information content (AvgIpc) is 2.94. The Kier molecular flexibility index (Phi) is 5.45. The van der Waals surface area contributed by atoms with Gasteiger partial charge in [-0.15, -0.1) is 10.2 Å². The van der Waals surface area contributed by atoms with Crippen LogP contribution in [0.25, 0.3) is 0 Å². The van der Waals surface area contributed by atoms with Crippen molar-refractivity contribution in [2.75, 3.05) is 5.32 Å². The molecule has 0 spiro atoms. The Morgan fingerprint density at radius 3 is 2.70 bits per heavy atom. The molecule has 0 saturated carbocycles. The number of amides is 1. The molecule has 0 saturated heterocycles. The van der Waals surface area contributed by atoms with E-state index in [2.05, 4.69) is 20.2 Å². The molecule has 0 atom stereocenters. The Labute approximate surface area is 139 Å². The van der Waals surface area contributed by atoms with Gasteiger partial charge < -0.3 is 5.32 Å². The van der Waals surface area contributed by atoms with Crippen molar-refractivity contribution in [2.45, 2.75) is 31.7 Å². The molecule has 7 nitrogen and oxygen atoms in total. The number of nitrogens with one attached hydrogen (secondary N) is 2. The van der Waals surface area contributed by atoms with Crippen molar-refractivity contribution in [3.8, 4) is 0 Å². The largest absolute Gasteiger partial charge is 0.300 e. The number of anilines is 1. The summed E-state index contributed by atoms with van der Waals surface area (Å²) < 4.78 is 26.7. The van der Waals surface area contributed by atoms with Gasteiger partial charge in [0.2, 0.25) is 15.4 Å². The van der Waals surface area contributed by atoms with Gasteiger partial charge in [0.05, 0.1) is 0 Å². The molecule has 9 heteroatoms. The third-order valence-electron chi connectivity index (χ3n) is 2.94. The molecule has 0 aliphatic carbocycles. The van der Waals surface area contributed by atoms with Gasteiger partial charge in [0.25, 0.3) is 10.0 Å². The van der Waals surface area contributed by atoms with Crippen LogP contribution in [0.1, 0.15) is 25.0 Å². The maximum atomic E-state index is 12.2. The second-order valence-corrected chi connectivity index (χ2v) is 8.25. The number of carbonyl (C=O) groups is 1. The lowest BCUT2D eigenvalue weighted by Crippen LogP contribution is -2.23. The second kappa shape index (κ2) is 7.16. The molecule has 2 N–H and O–H groups in total. The highest BCUT2D eigenvalue weighted by Gasteiger charge is 2.21. The molecule has 1 aromatic heterocycles. The van der Waals surface area contributed by atoms with E-state index in [1.165, 1.54) is 0 Å². The maximum Gasteiger partial charge on any atom is 0.270 e. The van der Waals surface area contributed by atoms with Gasteiger partial charge in [0, 0.05) is 12.5 Å². The number of rotatable bonds is 6. The number of hydrogen-bond donors (Lipinski definition) is 2. The summed E-state index contributed by atoms with van der Waals surface area (Å²) in [6.07, 6.45) is 0. The van der Waals surface area contributed by atoms with Crippen LogP contribution in [0.2, 0.25) is 0 Å². The Balaban J connectivity index is 2.05. The molecule has 0 aliphatic rings. The van der Waals surface area contributed by atoms with Crippen molar-refractivity contribution in [3.05, 3.63) is 35.4 Å². The highest BCUT2D eigenvalue weighted by Crippen LogP contribution is 2.20. The predicted octanol–water partition coefficient (Wildman–Crippen LogP) is 1.92. The smallest absolute Gasteiger partial charge is 0.270 e. The van der Waals surface area contributed by atoms with Gasteiger partial charge in [-0.05, 0) is 12.5 Å². The van der Waals surface area contributed by atoms with E-state index in [0.717, 1.165) is 22.5 Å². The first-order valence-corrected chi connectivity index (χ1v) is 9.27. The molecule has 2 aromatic rings. The van der Waals surface area contributed by atoms with E-state index < -0.39 is 10.0 Å². The number of benzene rings is 1. The van der Waals surface area contributed by atoms with Crippen molar-refractivity contribution in [2.24, 2.45) is 5.92 Å². The molecule has 0 aliphatic heterocycles. The Bertz CT molecular complexity index is 800. The van der Waals surface area contributed by atoms with Crippen LogP contribution in [0.15, 0.2) is 28.6 Å². The normalized spacial score (nSPS) is 11.7. The lowest BCUT2D eigenvalue weighted by atomic mass is 10.1. The molecule has 23 heavy (non-hydrogen) atoms. The molecule has 0 unspecified atom stereocenters. The first-order chi connectivity index (χ1) is 10.8. The summed E-state index contributed by atoms with van der Waals surface area (Å²) in [5.74, 6) is -0.462. The van der Waals surface area contributed by atoms with Gasteiger partial charge in [-0.1, -0.05) is 55.0 Å². The first kappa shape index (κ1) is 17.5. The minimum Gasteiger partial charge on any atom is -0.300 e. The van der Waals surface area contributed by atoms with Gasteiger partial charge in [0.15, 0.2) is 0 Å². The standard InChI is InChI=1S/C14H18N4O3S2/c1-9(2)12(19)16-13-17-18-14(22-13)23(20,21)15-8-11-6-4-5-10(3)7-11/h4-7,9,15H,8H2,1-3H3,(H,16,17,19). The van der Waals surface area contributed by atoms with Crippen LogP contribution in [0.3, 0.4) is 0 Å². The van der Waals surface area contributed by atoms with E-state index >= 15 is 0 Å². The molecule has 0 radical (unpaired) electrons. The summed E-state index contributed by atoms with van der Waals surface area (Å²) in [5, 5.41) is 10.0. The fraction of sp³-hybridized carbons (Fsp3) is 0.357. The Hall–Kier alpha value is -1.84. The van der Waals surface area contributed by atoms with Crippen LogP contribution in [0, 0.1) is 12.8 Å². The van der Waals surface area contributed by atoms with Crippen LogP contribution in [-0.4, -0.2) is 24.5 Å². The van der Waals surface area contributed by atoms with Crippen LogP contribution < -0.4 is 10.0 Å². The van der Waals surface area contributed by atoms with Crippen molar-refractivity contribution in [3.63, 3.8) is 0 Å². The minimum absolute atomic E-state index is 0.164. The van der Waals surface area contributed by atoms with E-state index in [4.69, 9.17) is 0 Å². The lowest BCUT2D eigenvalue weighted by Gasteiger charge is -2.04. The first-order valence-electron chi connectivity index (χ1n) is 6.97. The third-order valence-corrected chi connectivity index (χ3v) is 5.55. The number of nitrogens with zero attached hydrogens (tertiary/aromatic N) is 2. The van der Waals surface area contributed by atoms with E-state index in [9.17, 15) is 13.2 Å². The fourth-order valence-corrected chi connectivity index (χ4v) is 3.64. The molecule has 2 rings (SSSR count). The van der Waals surface area contributed by atoms with Crippen LogP contribution >= 0.6 is 11.3 Å². The number of sulfonamides is 1. The van der Waals surface area contributed by atoms with Crippen molar-refractivity contribution in [1.29, 1.82) is 0 Å². The number of hydrogen-bond acceptors (Lipinski definition) is 6. The molecule has 0 fully saturated rings. The summed E-state index contributed by atoms with van der Waals surface area (Å²) in [6.45, 7) is 5.57. The zero-order valence-electron chi connectivity index (χ0n) is 13.0. The quantitative estimate of drug-likeness (QED) is 0.772. The summed E-state index contributed by atoms with van der Waals surface area (Å²) in [6, 6.07) is 7.54. The summed E-state index contributed by atoms with van der Waals surface area (Å²) >= 11 is 0.819. The zero-order valence-corrected chi connectivity index (χ0v) is 14.7. The van der Waals surface area contributed by atoms with Crippen molar-refractivity contribution in [1.82, 2.24) is 14.9 Å². The van der Waals surface area contributed by atoms with Gasteiger partial charge in [-0.3, -0.25) is 4.79 Å². The summed E-state index contributed by atoms with van der Waals surface area (Å²) in [5.41, 5.74) is 1.91. The molecule has 0 bridgehead atoms. The second-order valence-electron chi connectivity index (χ2n) is 5.33. The van der Waals surface area contributed by atoms with E-state index in [1.54, 1.807) is 13.8 Å². The van der Waals surface area contributed by atoms with E-state index in [0.29, 0.717) is 0 Å². The predicted molar refractivity (Wildman–Crippen MR) is 88.6 cm³/mol. The summed E-state index contributed by atoms with van der Waals surface area (Å²) in [4.78, 5) is 11.6. The summed E-state index contributed by atoms with van der Waals surface area (Å²) in [7, 11) is -3.76. The highest BCUT2D eigenvalue weighted by molar-refractivity contribution is 7.91. The van der Waals surface area contributed by atoms with Crippen molar-refractivity contribution >= 4 is 32.4 Å². The molecule has 1 amide bonds.